The van der Waals surface area contributed by atoms with Crippen molar-refractivity contribution in [2.45, 2.75) is 6.92 Å². The summed E-state index contributed by atoms with van der Waals surface area (Å²) < 4.78 is 2.24. The number of para-hydroxylation sites is 1. The molecule has 12 heteroatoms. The minimum Gasteiger partial charge on any atom is -0.283 e. The SMILES string of the molecule is Cc1nc2c(Br)cc(Br)cc2c(=O)n1Nc1cccc([N+](=O)[O-])c1[N+](=O)[O-]. The van der Waals surface area contributed by atoms with Crippen LogP contribution in [0.25, 0.3) is 10.9 Å². The van der Waals surface area contributed by atoms with Gasteiger partial charge in [-0.05, 0) is 41.1 Å². The van der Waals surface area contributed by atoms with Gasteiger partial charge >= 0.3 is 11.4 Å². The third kappa shape index (κ3) is 3.40. The van der Waals surface area contributed by atoms with Crippen LogP contribution in [0.2, 0.25) is 0 Å². The van der Waals surface area contributed by atoms with Crippen LogP contribution in [0.1, 0.15) is 5.82 Å². The van der Waals surface area contributed by atoms with Crippen LogP contribution in [0, 0.1) is 27.2 Å². The van der Waals surface area contributed by atoms with Crippen LogP contribution in [0.3, 0.4) is 0 Å². The summed E-state index contributed by atoms with van der Waals surface area (Å²) in [6, 6.07) is 6.88. The lowest BCUT2D eigenvalue weighted by Gasteiger charge is -2.14. The Morgan fingerprint density at radius 2 is 1.85 bits per heavy atom. The van der Waals surface area contributed by atoms with Crippen molar-refractivity contribution in [2.24, 2.45) is 0 Å². The van der Waals surface area contributed by atoms with E-state index in [1.807, 2.05) is 0 Å². The van der Waals surface area contributed by atoms with E-state index in [0.29, 0.717) is 14.5 Å². The quantitative estimate of drug-likeness (QED) is 0.425. The molecular formula is C15H9Br2N5O5. The second-order valence-corrected chi connectivity index (χ2v) is 7.15. The molecule has 0 aliphatic heterocycles. The molecule has 0 spiro atoms. The largest absolute Gasteiger partial charge is 0.370 e. The van der Waals surface area contributed by atoms with Gasteiger partial charge in [0.25, 0.3) is 5.56 Å². The number of nitro benzene ring substituents is 2. The average Bonchev–Trinajstić information content (AvgIpc) is 2.59. The molecule has 1 heterocycles. The third-order valence-electron chi connectivity index (χ3n) is 3.69. The van der Waals surface area contributed by atoms with Crippen LogP contribution in [0.15, 0.2) is 44.1 Å². The summed E-state index contributed by atoms with van der Waals surface area (Å²) in [6.45, 7) is 1.53. The van der Waals surface area contributed by atoms with E-state index in [2.05, 4.69) is 42.3 Å². The van der Waals surface area contributed by atoms with Crippen molar-refractivity contribution in [2.75, 3.05) is 5.43 Å². The zero-order chi connectivity index (χ0) is 19.9. The maximum absolute atomic E-state index is 12.9. The smallest absolute Gasteiger partial charge is 0.283 e. The van der Waals surface area contributed by atoms with Gasteiger partial charge < -0.3 is 0 Å². The Morgan fingerprint density at radius 1 is 1.15 bits per heavy atom. The van der Waals surface area contributed by atoms with Gasteiger partial charge in [-0.15, -0.1) is 0 Å². The lowest BCUT2D eigenvalue weighted by molar-refractivity contribution is -0.421. The molecule has 0 aliphatic rings. The monoisotopic (exact) mass is 497 g/mol. The Labute approximate surface area is 167 Å². The molecule has 0 fully saturated rings. The number of benzene rings is 2. The van der Waals surface area contributed by atoms with Gasteiger partial charge in [0.2, 0.25) is 0 Å². The number of nitrogens with zero attached hydrogens (tertiary/aromatic N) is 4. The van der Waals surface area contributed by atoms with Crippen molar-refractivity contribution in [3.05, 3.63) is 75.7 Å². The number of fused-ring (bicyclic) bond motifs is 1. The second kappa shape index (κ2) is 7.04. The fraction of sp³-hybridized carbons (Fsp3) is 0.0667. The molecule has 0 radical (unpaired) electrons. The van der Waals surface area contributed by atoms with Gasteiger partial charge in [0, 0.05) is 15.0 Å². The maximum atomic E-state index is 12.9. The van der Waals surface area contributed by atoms with Crippen LogP contribution in [0.5, 0.6) is 0 Å². The van der Waals surface area contributed by atoms with Gasteiger partial charge in [-0.2, -0.15) is 0 Å². The van der Waals surface area contributed by atoms with Crippen LogP contribution >= 0.6 is 31.9 Å². The van der Waals surface area contributed by atoms with E-state index in [1.54, 1.807) is 12.1 Å². The van der Waals surface area contributed by atoms with Crippen molar-refractivity contribution in [3.63, 3.8) is 0 Å². The van der Waals surface area contributed by atoms with Crippen LogP contribution < -0.4 is 11.0 Å². The molecule has 1 aromatic heterocycles. The molecule has 10 nitrogen and oxygen atoms in total. The highest BCUT2D eigenvalue weighted by atomic mass is 79.9. The Morgan fingerprint density at radius 3 is 2.48 bits per heavy atom. The van der Waals surface area contributed by atoms with E-state index < -0.39 is 26.8 Å². The maximum Gasteiger partial charge on any atom is 0.370 e. The van der Waals surface area contributed by atoms with E-state index in [4.69, 9.17) is 0 Å². The van der Waals surface area contributed by atoms with Gasteiger partial charge in [-0.25, -0.2) is 9.66 Å². The lowest BCUT2D eigenvalue weighted by Crippen LogP contribution is -2.30. The minimum absolute atomic E-state index is 0.199. The van der Waals surface area contributed by atoms with Crippen LogP contribution in [0.4, 0.5) is 17.1 Å². The van der Waals surface area contributed by atoms with E-state index in [1.165, 1.54) is 19.1 Å². The van der Waals surface area contributed by atoms with Gasteiger partial charge in [0.15, 0.2) is 0 Å². The number of aryl methyl sites for hydroxylation is 1. The standard InChI is InChI=1S/C15H9Br2N5O5/c1-7-18-13-9(5-8(16)6-10(13)17)15(23)20(7)19-11-3-2-4-12(21(24)25)14(11)22(26)27/h2-6,19H,1H3. The van der Waals surface area contributed by atoms with Crippen LogP contribution in [-0.2, 0) is 0 Å². The molecule has 0 unspecified atom stereocenters. The summed E-state index contributed by atoms with van der Waals surface area (Å²) in [6.07, 6.45) is 0. The van der Waals surface area contributed by atoms with E-state index in [9.17, 15) is 25.0 Å². The summed E-state index contributed by atoms with van der Waals surface area (Å²) in [7, 11) is 0. The summed E-state index contributed by atoms with van der Waals surface area (Å²) >= 11 is 6.63. The van der Waals surface area contributed by atoms with Crippen molar-refractivity contribution in [1.82, 2.24) is 9.66 Å². The highest BCUT2D eigenvalue weighted by Gasteiger charge is 2.29. The Balaban J connectivity index is 2.24. The van der Waals surface area contributed by atoms with Gasteiger partial charge in [0.05, 0.1) is 20.7 Å². The molecule has 2 aromatic carbocycles. The number of nitrogens with one attached hydrogen (secondary N) is 1. The molecule has 0 saturated carbocycles. The van der Waals surface area contributed by atoms with E-state index >= 15 is 0 Å². The molecule has 138 valence electrons. The third-order valence-corrected chi connectivity index (χ3v) is 4.75. The zero-order valence-corrected chi connectivity index (χ0v) is 16.6. The predicted octanol–water partition coefficient (Wildman–Crippen LogP) is 3.92. The first-order valence-corrected chi connectivity index (χ1v) is 8.86. The van der Waals surface area contributed by atoms with E-state index in [-0.39, 0.29) is 16.9 Å². The molecule has 0 bridgehead atoms. The first-order valence-electron chi connectivity index (χ1n) is 7.28. The van der Waals surface area contributed by atoms with Crippen LogP contribution in [-0.4, -0.2) is 19.5 Å². The predicted molar refractivity (Wildman–Crippen MR) is 105 cm³/mol. The molecule has 0 saturated heterocycles. The normalized spacial score (nSPS) is 10.8. The van der Waals surface area contributed by atoms with Gasteiger partial charge in [0.1, 0.15) is 11.5 Å². The van der Waals surface area contributed by atoms with Crippen molar-refractivity contribution >= 4 is 59.8 Å². The number of anilines is 1. The number of rotatable bonds is 4. The second-order valence-electron chi connectivity index (χ2n) is 5.38. The average molecular weight is 499 g/mol. The Kier molecular flexibility index (Phi) is 4.93. The highest BCUT2D eigenvalue weighted by Crippen LogP contribution is 2.34. The number of aromatic nitrogens is 2. The number of hydrogen-bond donors (Lipinski definition) is 1. The summed E-state index contributed by atoms with van der Waals surface area (Å²) in [5.74, 6) is 0.219. The highest BCUT2D eigenvalue weighted by molar-refractivity contribution is 9.11. The van der Waals surface area contributed by atoms with E-state index in [0.717, 1.165) is 10.7 Å². The fourth-order valence-corrected chi connectivity index (χ4v) is 3.85. The lowest BCUT2D eigenvalue weighted by atomic mass is 10.2. The summed E-state index contributed by atoms with van der Waals surface area (Å²) in [5, 5.41) is 22.7. The first-order chi connectivity index (χ1) is 12.7. The van der Waals surface area contributed by atoms with Crippen molar-refractivity contribution < 1.29 is 9.85 Å². The minimum atomic E-state index is -0.873. The summed E-state index contributed by atoms with van der Waals surface area (Å²) in [4.78, 5) is 37.9. The Bertz CT molecular complexity index is 1180. The fourth-order valence-electron chi connectivity index (χ4n) is 2.53. The summed E-state index contributed by atoms with van der Waals surface area (Å²) in [5.41, 5.74) is 0.861. The first kappa shape index (κ1) is 18.9. The molecule has 0 aliphatic carbocycles. The number of halogens is 2. The topological polar surface area (TPSA) is 133 Å². The Hall–Kier alpha value is -2.86. The number of hydrogen-bond acceptors (Lipinski definition) is 7. The van der Waals surface area contributed by atoms with Crippen molar-refractivity contribution in [1.29, 1.82) is 0 Å². The molecular weight excluding hydrogens is 490 g/mol. The molecule has 3 aromatic rings. The molecule has 3 rings (SSSR count). The van der Waals surface area contributed by atoms with Gasteiger partial charge in [-0.3, -0.25) is 30.4 Å². The zero-order valence-electron chi connectivity index (χ0n) is 13.5. The number of nitro groups is 2. The molecule has 0 atom stereocenters. The van der Waals surface area contributed by atoms with Crippen molar-refractivity contribution in [3.8, 4) is 0 Å². The molecule has 0 amide bonds. The molecule has 27 heavy (non-hydrogen) atoms. The van der Waals surface area contributed by atoms with Gasteiger partial charge in [-0.1, -0.05) is 22.0 Å². The molecule has 1 N–H and O–H groups in total.